The van der Waals surface area contributed by atoms with E-state index in [4.69, 9.17) is 10.4 Å². The lowest BCUT2D eigenvalue weighted by Crippen LogP contribution is -2.49. The second kappa shape index (κ2) is 5.53. The van der Waals surface area contributed by atoms with Gasteiger partial charge in [-0.05, 0) is 19.8 Å². The molecular weight excluding hydrogens is 222 g/mol. The predicted octanol–water partition coefficient (Wildman–Crippen LogP) is 0.889. The average Bonchev–Trinajstić information content (AvgIpc) is 2.76. The Morgan fingerprint density at radius 1 is 1.65 bits per heavy atom. The standard InChI is InChI=1S/C11H17N3O3/c1-8(5-6-12)13(2)11(17)14-7-3-4-9(14)10(15)16/h8-9H,3-5,7H2,1-2H3,(H,15,16). The maximum atomic E-state index is 12.1. The zero-order chi connectivity index (χ0) is 13.0. The molecule has 0 aromatic rings. The summed E-state index contributed by atoms with van der Waals surface area (Å²) in [6.45, 7) is 2.24. The number of amides is 2. The highest BCUT2D eigenvalue weighted by Gasteiger charge is 2.36. The molecule has 2 atom stereocenters. The third-order valence-corrected chi connectivity index (χ3v) is 3.13. The van der Waals surface area contributed by atoms with Gasteiger partial charge >= 0.3 is 12.0 Å². The molecule has 6 nitrogen and oxygen atoms in total. The van der Waals surface area contributed by atoms with Gasteiger partial charge < -0.3 is 14.9 Å². The normalized spacial score (nSPS) is 20.8. The molecule has 0 radical (unpaired) electrons. The number of urea groups is 1. The van der Waals surface area contributed by atoms with Crippen LogP contribution in [0.4, 0.5) is 4.79 Å². The number of nitriles is 1. The second-order valence-corrected chi connectivity index (χ2v) is 4.29. The van der Waals surface area contributed by atoms with Gasteiger partial charge in [-0.15, -0.1) is 0 Å². The fourth-order valence-electron chi connectivity index (χ4n) is 1.91. The largest absolute Gasteiger partial charge is 0.480 e. The molecule has 1 fully saturated rings. The van der Waals surface area contributed by atoms with E-state index in [-0.39, 0.29) is 18.5 Å². The highest BCUT2D eigenvalue weighted by molar-refractivity contribution is 5.83. The van der Waals surface area contributed by atoms with Gasteiger partial charge in [0.05, 0.1) is 12.5 Å². The van der Waals surface area contributed by atoms with E-state index in [1.54, 1.807) is 14.0 Å². The van der Waals surface area contributed by atoms with Crippen molar-refractivity contribution in [3.05, 3.63) is 0 Å². The lowest BCUT2D eigenvalue weighted by atomic mass is 10.2. The van der Waals surface area contributed by atoms with Gasteiger partial charge in [0.25, 0.3) is 0 Å². The van der Waals surface area contributed by atoms with Crippen molar-refractivity contribution in [2.24, 2.45) is 0 Å². The molecule has 17 heavy (non-hydrogen) atoms. The van der Waals surface area contributed by atoms with E-state index < -0.39 is 12.0 Å². The van der Waals surface area contributed by atoms with Crippen molar-refractivity contribution >= 4 is 12.0 Å². The SMILES string of the molecule is CC(CC#N)N(C)C(=O)N1CCCC1C(=O)O. The summed E-state index contributed by atoms with van der Waals surface area (Å²) in [5, 5.41) is 17.6. The number of nitrogens with zero attached hydrogens (tertiary/aromatic N) is 3. The second-order valence-electron chi connectivity index (χ2n) is 4.29. The predicted molar refractivity (Wildman–Crippen MR) is 60.2 cm³/mol. The Labute approximate surface area is 100 Å². The van der Waals surface area contributed by atoms with Gasteiger partial charge in [0, 0.05) is 19.6 Å². The minimum atomic E-state index is -0.961. The number of aliphatic carboxylic acids is 1. The fourth-order valence-corrected chi connectivity index (χ4v) is 1.91. The van der Waals surface area contributed by atoms with Crippen molar-refractivity contribution < 1.29 is 14.7 Å². The molecule has 1 aliphatic rings. The summed E-state index contributed by atoms with van der Waals surface area (Å²) in [7, 11) is 1.60. The topological polar surface area (TPSA) is 84.6 Å². The van der Waals surface area contributed by atoms with Gasteiger partial charge in [-0.2, -0.15) is 5.26 Å². The molecule has 2 amide bonds. The molecule has 1 aliphatic heterocycles. The number of carbonyl (C=O) groups is 2. The number of rotatable bonds is 3. The number of carboxylic acids is 1. The van der Waals surface area contributed by atoms with Crippen molar-refractivity contribution in [2.75, 3.05) is 13.6 Å². The summed E-state index contributed by atoms with van der Waals surface area (Å²) in [5.74, 6) is -0.961. The van der Waals surface area contributed by atoms with E-state index in [0.717, 1.165) is 0 Å². The number of hydrogen-bond acceptors (Lipinski definition) is 3. The van der Waals surface area contributed by atoms with Gasteiger partial charge in [0.2, 0.25) is 0 Å². The Morgan fingerprint density at radius 3 is 2.82 bits per heavy atom. The molecule has 0 saturated carbocycles. The van der Waals surface area contributed by atoms with E-state index in [1.807, 2.05) is 6.07 Å². The van der Waals surface area contributed by atoms with Crippen molar-refractivity contribution in [3.8, 4) is 6.07 Å². The molecule has 1 N–H and O–H groups in total. The molecule has 0 aliphatic carbocycles. The van der Waals surface area contributed by atoms with Crippen molar-refractivity contribution in [2.45, 2.75) is 38.3 Å². The Balaban J connectivity index is 2.69. The third-order valence-electron chi connectivity index (χ3n) is 3.13. The first kappa shape index (κ1) is 13.3. The molecule has 2 unspecified atom stereocenters. The maximum Gasteiger partial charge on any atom is 0.326 e. The lowest BCUT2D eigenvalue weighted by molar-refractivity contribution is -0.141. The zero-order valence-corrected chi connectivity index (χ0v) is 10.1. The van der Waals surface area contributed by atoms with E-state index in [0.29, 0.717) is 19.4 Å². The van der Waals surface area contributed by atoms with Crippen LogP contribution in [0.3, 0.4) is 0 Å². The van der Waals surface area contributed by atoms with E-state index >= 15 is 0 Å². The first-order chi connectivity index (χ1) is 7.99. The Bertz CT molecular complexity index is 350. The molecule has 0 aromatic carbocycles. The van der Waals surface area contributed by atoms with Crippen molar-refractivity contribution in [1.29, 1.82) is 5.26 Å². The Morgan fingerprint density at radius 2 is 2.29 bits per heavy atom. The molecule has 0 aromatic heterocycles. The quantitative estimate of drug-likeness (QED) is 0.792. The summed E-state index contributed by atoms with van der Waals surface area (Å²) in [6, 6.07) is 0.762. The summed E-state index contributed by atoms with van der Waals surface area (Å²) < 4.78 is 0. The molecule has 6 heteroatoms. The molecule has 94 valence electrons. The minimum absolute atomic E-state index is 0.206. The average molecular weight is 239 g/mol. The van der Waals surface area contributed by atoms with Crippen LogP contribution in [-0.4, -0.2) is 52.6 Å². The smallest absolute Gasteiger partial charge is 0.326 e. The number of carboxylic acid groups (broad SMARTS) is 1. The van der Waals surface area contributed by atoms with Crippen LogP contribution in [0.2, 0.25) is 0 Å². The molecular formula is C11H17N3O3. The lowest BCUT2D eigenvalue weighted by Gasteiger charge is -2.30. The molecule has 0 spiro atoms. The van der Waals surface area contributed by atoms with Crippen LogP contribution in [0.25, 0.3) is 0 Å². The highest BCUT2D eigenvalue weighted by Crippen LogP contribution is 2.19. The summed E-state index contributed by atoms with van der Waals surface area (Å²) in [6.07, 6.45) is 1.46. The van der Waals surface area contributed by atoms with Crippen LogP contribution in [0.15, 0.2) is 0 Å². The van der Waals surface area contributed by atoms with Gasteiger partial charge in [0.15, 0.2) is 0 Å². The monoisotopic (exact) mass is 239 g/mol. The molecule has 1 rings (SSSR count). The van der Waals surface area contributed by atoms with E-state index in [1.165, 1.54) is 9.80 Å². The first-order valence-corrected chi connectivity index (χ1v) is 5.62. The van der Waals surface area contributed by atoms with Crippen LogP contribution in [-0.2, 0) is 4.79 Å². The summed E-state index contributed by atoms with van der Waals surface area (Å²) in [4.78, 5) is 25.8. The molecule has 1 heterocycles. The fraction of sp³-hybridized carbons (Fsp3) is 0.727. The minimum Gasteiger partial charge on any atom is -0.480 e. The van der Waals surface area contributed by atoms with Crippen molar-refractivity contribution in [3.63, 3.8) is 0 Å². The summed E-state index contributed by atoms with van der Waals surface area (Å²) in [5.41, 5.74) is 0. The van der Waals surface area contributed by atoms with Gasteiger partial charge in [0.1, 0.15) is 6.04 Å². The molecule has 0 bridgehead atoms. The van der Waals surface area contributed by atoms with Crippen LogP contribution in [0.5, 0.6) is 0 Å². The van der Waals surface area contributed by atoms with Crippen LogP contribution in [0.1, 0.15) is 26.2 Å². The third kappa shape index (κ3) is 2.87. The van der Waals surface area contributed by atoms with Crippen LogP contribution < -0.4 is 0 Å². The van der Waals surface area contributed by atoms with Gasteiger partial charge in [-0.25, -0.2) is 9.59 Å². The first-order valence-electron chi connectivity index (χ1n) is 5.62. The van der Waals surface area contributed by atoms with E-state index in [2.05, 4.69) is 0 Å². The van der Waals surface area contributed by atoms with Crippen LogP contribution >= 0.6 is 0 Å². The Hall–Kier alpha value is -1.77. The molecule has 1 saturated heterocycles. The van der Waals surface area contributed by atoms with Crippen LogP contribution in [0, 0.1) is 11.3 Å². The van der Waals surface area contributed by atoms with Gasteiger partial charge in [-0.1, -0.05) is 0 Å². The maximum absolute atomic E-state index is 12.1. The summed E-state index contributed by atoms with van der Waals surface area (Å²) >= 11 is 0. The number of likely N-dealkylation sites (tertiary alicyclic amines) is 1. The van der Waals surface area contributed by atoms with Crippen molar-refractivity contribution in [1.82, 2.24) is 9.80 Å². The van der Waals surface area contributed by atoms with E-state index in [9.17, 15) is 9.59 Å². The number of hydrogen-bond donors (Lipinski definition) is 1. The number of carbonyl (C=O) groups excluding carboxylic acids is 1. The Kier molecular flexibility index (Phi) is 4.32. The highest BCUT2D eigenvalue weighted by atomic mass is 16.4. The van der Waals surface area contributed by atoms with Gasteiger partial charge in [-0.3, -0.25) is 0 Å². The zero-order valence-electron chi connectivity index (χ0n) is 10.1.